The predicted octanol–water partition coefficient (Wildman–Crippen LogP) is 6.78. The van der Waals surface area contributed by atoms with Crippen LogP contribution in [0.1, 0.15) is 29.8 Å². The summed E-state index contributed by atoms with van der Waals surface area (Å²) in [5.74, 6) is 0. The van der Waals surface area contributed by atoms with Gasteiger partial charge in [0.1, 0.15) is 0 Å². The van der Waals surface area contributed by atoms with Crippen LogP contribution >= 0.6 is 70.7 Å². The van der Waals surface area contributed by atoms with Gasteiger partial charge in [-0.2, -0.15) is 0 Å². The van der Waals surface area contributed by atoms with Gasteiger partial charge >= 0.3 is 0 Å². The molecular weight excluding hydrogens is 489 g/mol. The molecule has 1 N–H and O–H groups in total. The van der Waals surface area contributed by atoms with E-state index in [1.165, 1.54) is 4.88 Å². The van der Waals surface area contributed by atoms with Crippen LogP contribution in [0.15, 0.2) is 37.0 Å². The normalized spacial score (nSPS) is 12.7. The molecular formula is C14H13Br3ClNS. The van der Waals surface area contributed by atoms with Crippen LogP contribution in [0.25, 0.3) is 0 Å². The van der Waals surface area contributed by atoms with Crippen molar-refractivity contribution in [3.05, 3.63) is 52.5 Å². The molecule has 0 saturated carbocycles. The van der Waals surface area contributed by atoms with Crippen LogP contribution in [0.2, 0.25) is 5.02 Å². The Morgan fingerprint density at radius 1 is 1.25 bits per heavy atom. The third kappa shape index (κ3) is 4.08. The van der Waals surface area contributed by atoms with Gasteiger partial charge in [-0.1, -0.05) is 40.5 Å². The molecule has 1 nitrogen and oxygen atoms in total. The highest BCUT2D eigenvalue weighted by molar-refractivity contribution is 9.13. The molecule has 1 aromatic carbocycles. The van der Waals surface area contributed by atoms with E-state index in [4.69, 9.17) is 11.6 Å². The SMILES string of the molecule is CCCNC(c1cc(Br)c(Br)s1)c1ccc(Br)cc1Cl. The second-order valence-corrected chi connectivity index (χ2v) is 8.90. The Bertz CT molecular complexity index is 581. The van der Waals surface area contributed by atoms with Gasteiger partial charge in [-0.3, -0.25) is 0 Å². The van der Waals surface area contributed by atoms with Crippen molar-refractivity contribution in [3.63, 3.8) is 0 Å². The Hall–Kier alpha value is 0.610. The molecule has 1 atom stereocenters. The Kier molecular flexibility index (Phi) is 6.57. The fourth-order valence-corrected chi connectivity index (χ4v) is 4.86. The van der Waals surface area contributed by atoms with Gasteiger partial charge in [0.2, 0.25) is 0 Å². The Balaban J connectivity index is 2.41. The van der Waals surface area contributed by atoms with Gasteiger partial charge in [0, 0.05) is 18.8 Å². The summed E-state index contributed by atoms with van der Waals surface area (Å²) >= 11 is 18.7. The van der Waals surface area contributed by atoms with Crippen LogP contribution in [-0.2, 0) is 0 Å². The Morgan fingerprint density at radius 3 is 2.55 bits per heavy atom. The lowest BCUT2D eigenvalue weighted by molar-refractivity contribution is 0.606. The molecule has 0 amide bonds. The Labute approximate surface area is 153 Å². The zero-order valence-corrected chi connectivity index (χ0v) is 17.1. The molecule has 0 saturated heterocycles. The second-order valence-electron chi connectivity index (χ2n) is 4.32. The molecule has 1 aromatic heterocycles. The number of nitrogens with one attached hydrogen (secondary N) is 1. The zero-order chi connectivity index (χ0) is 14.7. The standard InChI is InChI=1S/C14H13Br3ClNS/c1-2-5-19-13(12-7-10(16)14(17)20-12)9-4-3-8(15)6-11(9)18/h3-4,6-7,13,19H,2,5H2,1H3. The zero-order valence-electron chi connectivity index (χ0n) is 10.7. The third-order valence-corrected chi connectivity index (χ3v) is 6.96. The number of benzene rings is 1. The average molecular weight is 502 g/mol. The van der Waals surface area contributed by atoms with Crippen molar-refractivity contribution in [2.45, 2.75) is 19.4 Å². The van der Waals surface area contributed by atoms with Crippen molar-refractivity contribution in [3.8, 4) is 0 Å². The van der Waals surface area contributed by atoms with Crippen LogP contribution in [0, 0.1) is 0 Å². The molecule has 2 aromatic rings. The van der Waals surface area contributed by atoms with Crippen molar-refractivity contribution in [2.24, 2.45) is 0 Å². The van der Waals surface area contributed by atoms with Crippen LogP contribution in [0.3, 0.4) is 0 Å². The van der Waals surface area contributed by atoms with Gasteiger partial charge in [0.05, 0.1) is 9.83 Å². The molecule has 20 heavy (non-hydrogen) atoms. The first-order valence-electron chi connectivity index (χ1n) is 6.16. The molecule has 0 aliphatic rings. The smallest absolute Gasteiger partial charge is 0.0843 e. The maximum atomic E-state index is 6.41. The predicted molar refractivity (Wildman–Crippen MR) is 99.0 cm³/mol. The number of rotatable bonds is 5. The lowest BCUT2D eigenvalue weighted by atomic mass is 10.1. The molecule has 2 rings (SSSR count). The summed E-state index contributed by atoms with van der Waals surface area (Å²) < 4.78 is 3.17. The summed E-state index contributed by atoms with van der Waals surface area (Å²) in [6, 6.07) is 8.29. The summed E-state index contributed by atoms with van der Waals surface area (Å²) in [4.78, 5) is 1.24. The highest BCUT2D eigenvalue weighted by atomic mass is 79.9. The first-order valence-corrected chi connectivity index (χ1v) is 9.73. The summed E-state index contributed by atoms with van der Waals surface area (Å²) in [5.41, 5.74) is 1.10. The van der Waals surface area contributed by atoms with E-state index in [0.717, 1.165) is 36.3 Å². The maximum absolute atomic E-state index is 6.41. The summed E-state index contributed by atoms with van der Waals surface area (Å²) in [6.07, 6.45) is 1.08. The van der Waals surface area contributed by atoms with Gasteiger partial charge in [0.25, 0.3) is 0 Å². The van der Waals surface area contributed by atoms with Crippen molar-refractivity contribution in [2.75, 3.05) is 6.54 Å². The summed E-state index contributed by atoms with van der Waals surface area (Å²) in [5, 5.41) is 4.34. The topological polar surface area (TPSA) is 12.0 Å². The lowest BCUT2D eigenvalue weighted by Gasteiger charge is -2.19. The monoisotopic (exact) mass is 499 g/mol. The largest absolute Gasteiger partial charge is 0.306 e. The van der Waals surface area contributed by atoms with Crippen molar-refractivity contribution >= 4 is 70.7 Å². The summed E-state index contributed by atoms with van der Waals surface area (Å²) in [7, 11) is 0. The minimum atomic E-state index is 0.114. The number of hydrogen-bond acceptors (Lipinski definition) is 2. The first kappa shape index (κ1) is 17.0. The van der Waals surface area contributed by atoms with Gasteiger partial charge in [-0.05, 0) is 68.6 Å². The second kappa shape index (κ2) is 7.75. The first-order chi connectivity index (χ1) is 9.52. The van der Waals surface area contributed by atoms with Gasteiger partial charge in [-0.15, -0.1) is 11.3 Å². The molecule has 1 heterocycles. The Morgan fingerprint density at radius 2 is 2.00 bits per heavy atom. The van der Waals surface area contributed by atoms with E-state index in [9.17, 15) is 0 Å². The van der Waals surface area contributed by atoms with E-state index in [1.807, 2.05) is 12.1 Å². The van der Waals surface area contributed by atoms with Crippen molar-refractivity contribution < 1.29 is 0 Å². The van der Waals surface area contributed by atoms with E-state index in [0.29, 0.717) is 0 Å². The molecule has 0 radical (unpaired) electrons. The molecule has 0 aliphatic heterocycles. The minimum absolute atomic E-state index is 0.114. The maximum Gasteiger partial charge on any atom is 0.0843 e. The van der Waals surface area contributed by atoms with Crippen LogP contribution in [0.4, 0.5) is 0 Å². The van der Waals surface area contributed by atoms with Crippen molar-refractivity contribution in [1.29, 1.82) is 0 Å². The summed E-state index contributed by atoms with van der Waals surface area (Å²) in [6.45, 7) is 3.11. The highest BCUT2D eigenvalue weighted by Crippen LogP contribution is 2.39. The van der Waals surface area contributed by atoms with Crippen LogP contribution in [0.5, 0.6) is 0 Å². The van der Waals surface area contributed by atoms with E-state index in [-0.39, 0.29) is 6.04 Å². The third-order valence-electron chi connectivity index (χ3n) is 2.82. The molecule has 6 heteroatoms. The van der Waals surface area contributed by atoms with Gasteiger partial charge < -0.3 is 5.32 Å². The molecule has 108 valence electrons. The fourth-order valence-electron chi connectivity index (χ4n) is 1.89. The highest BCUT2D eigenvalue weighted by Gasteiger charge is 2.19. The van der Waals surface area contributed by atoms with E-state index < -0.39 is 0 Å². The number of hydrogen-bond donors (Lipinski definition) is 1. The van der Waals surface area contributed by atoms with Gasteiger partial charge in [0.15, 0.2) is 0 Å². The lowest BCUT2D eigenvalue weighted by Crippen LogP contribution is -2.22. The molecule has 1 unspecified atom stereocenters. The van der Waals surface area contributed by atoms with E-state index >= 15 is 0 Å². The molecule has 0 spiro atoms. The number of thiophene rings is 1. The van der Waals surface area contributed by atoms with Gasteiger partial charge in [-0.25, -0.2) is 0 Å². The molecule has 0 fully saturated rings. The van der Waals surface area contributed by atoms with Crippen LogP contribution in [-0.4, -0.2) is 6.54 Å². The fraction of sp³-hybridized carbons (Fsp3) is 0.286. The quantitative estimate of drug-likeness (QED) is 0.476. The van der Waals surface area contributed by atoms with E-state index in [1.54, 1.807) is 11.3 Å². The number of halogens is 4. The minimum Gasteiger partial charge on any atom is -0.306 e. The van der Waals surface area contributed by atoms with E-state index in [2.05, 4.69) is 72.2 Å². The average Bonchev–Trinajstić information content (AvgIpc) is 2.72. The molecule has 0 aliphatic carbocycles. The van der Waals surface area contributed by atoms with Crippen molar-refractivity contribution in [1.82, 2.24) is 5.32 Å². The molecule has 0 bridgehead atoms. The van der Waals surface area contributed by atoms with Crippen LogP contribution < -0.4 is 5.32 Å².